The fraction of sp³-hybridized carbons (Fsp3) is 0.250. The molecule has 0 nitrogen and oxygen atoms in total. The van der Waals surface area contributed by atoms with Crippen molar-refractivity contribution in [3.8, 4) is 0 Å². The molecule has 0 aliphatic carbocycles. The van der Waals surface area contributed by atoms with E-state index in [9.17, 15) is 0 Å². The first-order valence-electron chi connectivity index (χ1n) is 19.1. The molecule has 0 aliphatic rings. The van der Waals surface area contributed by atoms with E-state index in [-0.39, 0.29) is 0 Å². The van der Waals surface area contributed by atoms with Gasteiger partial charge >= 0.3 is 323 Å². The maximum atomic E-state index is 2.58. The Labute approximate surface area is 321 Å². The Morgan fingerprint density at radius 1 is 0.269 bits per heavy atom. The van der Waals surface area contributed by atoms with Gasteiger partial charge < -0.3 is 0 Å². The first-order chi connectivity index (χ1) is 25.0. The summed E-state index contributed by atoms with van der Waals surface area (Å²) in [5.74, 6) is 0. The van der Waals surface area contributed by atoms with Crippen molar-refractivity contribution in [2.24, 2.45) is 0 Å². The van der Waals surface area contributed by atoms with Crippen LogP contribution < -0.4 is 31.8 Å². The minimum atomic E-state index is -2.56. The van der Waals surface area contributed by atoms with Gasteiger partial charge in [-0.15, -0.1) is 0 Å². The van der Waals surface area contributed by atoms with Gasteiger partial charge in [0.2, 0.25) is 0 Å². The van der Waals surface area contributed by atoms with Gasteiger partial charge in [0.15, 0.2) is 0 Å². The van der Waals surface area contributed by atoms with Crippen LogP contribution >= 0.6 is 16.4 Å². The van der Waals surface area contributed by atoms with Crippen molar-refractivity contribution in [2.75, 3.05) is 18.5 Å². The molecule has 0 N–H and O–H groups in total. The molecule has 0 saturated heterocycles. The molecular formula is C48H60P3Pd. The monoisotopic (exact) mass is 835 g/mol. The van der Waals surface area contributed by atoms with Gasteiger partial charge in [0.05, 0.1) is 0 Å². The molecule has 0 bridgehead atoms. The first kappa shape index (κ1) is 39.0. The number of hydrogen-bond acceptors (Lipinski definition) is 0. The van der Waals surface area contributed by atoms with E-state index in [4.69, 9.17) is 0 Å². The molecule has 0 atom stereocenters. The molecule has 6 aromatic rings. The summed E-state index contributed by atoms with van der Waals surface area (Å²) in [5, 5.41) is 9.83. The Balaban J connectivity index is 1.93. The number of aryl methyl sites for hydroxylation is 6. The Hall–Kier alpha value is -2.73. The van der Waals surface area contributed by atoms with Crippen molar-refractivity contribution in [1.29, 1.82) is 0 Å². The number of benzene rings is 6. The van der Waals surface area contributed by atoms with E-state index in [1.165, 1.54) is 51.9 Å². The van der Waals surface area contributed by atoms with Gasteiger partial charge in [-0.25, -0.2) is 0 Å². The molecule has 0 heterocycles. The zero-order chi connectivity index (χ0) is 37.1. The Morgan fingerprint density at radius 3 is 0.519 bits per heavy atom. The van der Waals surface area contributed by atoms with Crippen LogP contribution in [0, 0.1) is 41.5 Å². The molecule has 0 spiro atoms. The normalized spacial score (nSPS) is 13.4. The van der Waals surface area contributed by atoms with Crippen LogP contribution in [0.15, 0.2) is 146 Å². The van der Waals surface area contributed by atoms with E-state index in [2.05, 4.69) is 208 Å². The number of rotatable bonds is 12. The molecule has 6 rings (SSSR count). The summed E-state index contributed by atoms with van der Waals surface area (Å²) in [4.78, 5) is 0. The second-order valence-electron chi connectivity index (χ2n) is 14.7. The zero-order valence-electron chi connectivity index (χ0n) is 32.8. The van der Waals surface area contributed by atoms with Crippen LogP contribution in [0.5, 0.6) is 0 Å². The minimum absolute atomic E-state index is 1.19. The van der Waals surface area contributed by atoms with Crippen molar-refractivity contribution < 1.29 is 15.3 Å². The molecule has 0 radical (unpaired) electrons. The van der Waals surface area contributed by atoms with Crippen LogP contribution in [-0.2, 0) is 15.3 Å². The molecular weight excluding hydrogens is 776 g/mol. The second-order valence-corrected chi connectivity index (χ2v) is 49.1. The molecule has 6 aromatic carbocycles. The van der Waals surface area contributed by atoms with Crippen LogP contribution in [0.3, 0.4) is 0 Å². The summed E-state index contributed by atoms with van der Waals surface area (Å²) in [7, 11) is 0. The third kappa shape index (κ3) is 7.00. The Morgan fingerprint density at radius 2 is 0.404 bits per heavy atom. The van der Waals surface area contributed by atoms with E-state index in [1.54, 1.807) is 31.8 Å². The van der Waals surface area contributed by atoms with Gasteiger partial charge in [-0.1, -0.05) is 0 Å². The van der Waals surface area contributed by atoms with Gasteiger partial charge in [0, 0.05) is 0 Å². The van der Waals surface area contributed by atoms with Gasteiger partial charge in [-0.3, -0.25) is 0 Å². The third-order valence-corrected chi connectivity index (χ3v) is 76.6. The molecule has 0 saturated carbocycles. The van der Waals surface area contributed by atoms with Gasteiger partial charge in [0.1, 0.15) is 0 Å². The van der Waals surface area contributed by atoms with Crippen LogP contribution in [0.1, 0.15) is 54.2 Å². The number of hydrogen-bond donors (Lipinski definition) is 0. The fourth-order valence-corrected chi connectivity index (χ4v) is 103. The van der Waals surface area contributed by atoms with Crippen LogP contribution in [0.25, 0.3) is 0 Å². The van der Waals surface area contributed by atoms with E-state index < -0.39 is 31.6 Å². The van der Waals surface area contributed by atoms with Crippen molar-refractivity contribution >= 4 is 48.2 Å². The maximum absolute atomic E-state index is 2.58. The van der Waals surface area contributed by atoms with Crippen LogP contribution in [-0.4, -0.2) is 18.5 Å². The summed E-state index contributed by atoms with van der Waals surface area (Å²) < 4.78 is 0. The molecule has 4 heteroatoms. The zero-order valence-corrected chi connectivity index (χ0v) is 37.3. The SMILES string of the molecule is CC[PH](c1ccc(C)cc1)(c1ccc(C)cc1)[Pd]([PH](CC)(c1ccc(C)cc1)c1ccc(C)cc1)[PH](CC)(c1ccc(C)cc1)c1ccc(C)cc1. The van der Waals surface area contributed by atoms with E-state index in [0.717, 1.165) is 0 Å². The van der Waals surface area contributed by atoms with Crippen molar-refractivity contribution in [3.63, 3.8) is 0 Å². The molecule has 277 valence electrons. The second kappa shape index (κ2) is 16.3. The fourth-order valence-electron chi connectivity index (χ4n) is 8.14. The molecule has 0 aliphatic heterocycles. The van der Waals surface area contributed by atoms with Crippen molar-refractivity contribution in [2.45, 2.75) is 62.3 Å². The van der Waals surface area contributed by atoms with Crippen molar-refractivity contribution in [3.05, 3.63) is 179 Å². The van der Waals surface area contributed by atoms with Gasteiger partial charge in [-0.2, -0.15) is 0 Å². The van der Waals surface area contributed by atoms with Gasteiger partial charge in [0.25, 0.3) is 0 Å². The summed E-state index contributed by atoms with van der Waals surface area (Å²) in [6.45, 7) is 21.3. The predicted molar refractivity (Wildman–Crippen MR) is 241 cm³/mol. The topological polar surface area (TPSA) is 0 Å². The third-order valence-electron chi connectivity index (χ3n) is 11.2. The van der Waals surface area contributed by atoms with E-state index >= 15 is 0 Å². The van der Waals surface area contributed by atoms with Crippen molar-refractivity contribution in [1.82, 2.24) is 0 Å². The summed E-state index contributed by atoms with van der Waals surface area (Å²) in [6.07, 6.45) is 3.58. The summed E-state index contributed by atoms with van der Waals surface area (Å²) in [5.41, 5.74) is 0.386. The average Bonchev–Trinajstić information content (AvgIpc) is 3.16. The molecule has 0 fully saturated rings. The molecule has 52 heavy (non-hydrogen) atoms. The van der Waals surface area contributed by atoms with Crippen LogP contribution in [0.2, 0.25) is 0 Å². The first-order valence-corrected chi connectivity index (χ1v) is 32.2. The van der Waals surface area contributed by atoms with E-state index in [1.807, 2.05) is 0 Å². The standard InChI is InChI=1S/3C16H19P.Pd/c3*1-4-17(15-9-5-13(2)6-10-15)16-11-7-14(3)8-12-16;/h3*5-12H,4H2,1-3H3;/q;;;-3/p+3. The van der Waals surface area contributed by atoms with Gasteiger partial charge in [-0.05, 0) is 0 Å². The summed E-state index contributed by atoms with van der Waals surface area (Å²) >= 11 is -1.63. The molecule has 0 amide bonds. The Bertz CT molecular complexity index is 1680. The molecule has 0 unspecified atom stereocenters. The molecule has 0 aromatic heterocycles. The van der Waals surface area contributed by atoms with Crippen LogP contribution in [0.4, 0.5) is 0 Å². The summed E-state index contributed by atoms with van der Waals surface area (Å²) in [6, 6.07) is 60.0. The predicted octanol–water partition coefficient (Wildman–Crippen LogP) is 10.5. The average molecular weight is 836 g/mol. The Kier molecular flexibility index (Phi) is 12.2. The van der Waals surface area contributed by atoms with E-state index in [0.29, 0.717) is 0 Å². The quantitative estimate of drug-likeness (QED) is 0.0851.